The van der Waals surface area contributed by atoms with E-state index >= 15 is 0 Å². The van der Waals surface area contributed by atoms with E-state index in [4.69, 9.17) is 4.74 Å². The summed E-state index contributed by atoms with van der Waals surface area (Å²) in [6.45, 7) is 14.8. The van der Waals surface area contributed by atoms with Crippen LogP contribution in [0.25, 0.3) is 11.1 Å². The Labute approximate surface area is 254 Å². The van der Waals surface area contributed by atoms with Crippen LogP contribution in [0.1, 0.15) is 142 Å². The first kappa shape index (κ1) is 32.2. The Morgan fingerprint density at radius 2 is 1.29 bits per heavy atom. The highest BCUT2D eigenvalue weighted by molar-refractivity contribution is 5.70. The summed E-state index contributed by atoms with van der Waals surface area (Å²) < 4.78 is 6.48. The van der Waals surface area contributed by atoms with Crippen molar-refractivity contribution in [3.8, 4) is 16.9 Å². The molecule has 0 N–H and O–H groups in total. The van der Waals surface area contributed by atoms with Crippen molar-refractivity contribution in [2.45, 2.75) is 144 Å². The summed E-state index contributed by atoms with van der Waals surface area (Å²) in [7, 11) is 0. The van der Waals surface area contributed by atoms with Crippen LogP contribution in [0, 0.1) is 29.1 Å². The summed E-state index contributed by atoms with van der Waals surface area (Å²) in [5.74, 6) is 5.11. The van der Waals surface area contributed by atoms with E-state index in [0.29, 0.717) is 5.41 Å². The van der Waals surface area contributed by atoms with Crippen molar-refractivity contribution >= 4 is 0 Å². The highest BCUT2D eigenvalue weighted by Gasteiger charge is 2.30. The lowest BCUT2D eigenvalue weighted by Gasteiger charge is -2.37. The zero-order chi connectivity index (χ0) is 29.2. The lowest BCUT2D eigenvalue weighted by atomic mass is 9.69. The van der Waals surface area contributed by atoms with E-state index in [1.807, 2.05) is 0 Å². The molecule has 0 unspecified atom stereocenters. The maximum atomic E-state index is 6.48. The Morgan fingerprint density at radius 1 is 0.707 bits per heavy atom. The highest BCUT2D eigenvalue weighted by atomic mass is 16.5. The third kappa shape index (κ3) is 8.42. The molecule has 2 fully saturated rings. The summed E-state index contributed by atoms with van der Waals surface area (Å²) in [6.07, 6.45) is 21.4. The van der Waals surface area contributed by atoms with Gasteiger partial charge in [0.05, 0.1) is 6.61 Å². The third-order valence-corrected chi connectivity index (χ3v) is 11.9. The monoisotopic (exact) mass is 558 g/mol. The molecular formula is C40H62O. The Hall–Kier alpha value is -1.76. The van der Waals surface area contributed by atoms with E-state index in [9.17, 15) is 0 Å². The third-order valence-electron chi connectivity index (χ3n) is 11.9. The van der Waals surface area contributed by atoms with Gasteiger partial charge in [-0.15, -0.1) is 0 Å². The van der Waals surface area contributed by atoms with Gasteiger partial charge in [0.15, 0.2) is 0 Å². The first-order valence-corrected chi connectivity index (χ1v) is 17.8. The Morgan fingerprint density at radius 3 is 1.85 bits per heavy atom. The number of hydrogen-bond acceptors (Lipinski definition) is 1. The molecule has 2 aromatic carbocycles. The van der Waals surface area contributed by atoms with Gasteiger partial charge >= 0.3 is 0 Å². The highest BCUT2D eigenvalue weighted by Crippen LogP contribution is 2.42. The molecule has 2 saturated carbocycles. The van der Waals surface area contributed by atoms with Crippen LogP contribution in [0.2, 0.25) is 0 Å². The molecule has 0 spiro atoms. The molecule has 0 atom stereocenters. The predicted molar refractivity (Wildman–Crippen MR) is 179 cm³/mol. The standard InChI is InChI=1S/C40H62O/c1-7-33-29-39(41-27-26-40(9-3,10-4)11-5)34(8-2)28-38(33)37-24-18-32(19-25-37)15-14-31-16-22-36(23-17-31)35-20-12-30(6)13-21-35/h18-19,24-25,28-31,35-36H,7-17,20-23,26-27H2,1-6H3. The van der Waals surface area contributed by atoms with Gasteiger partial charge in [0.25, 0.3) is 0 Å². The lowest BCUT2D eigenvalue weighted by Crippen LogP contribution is -2.25. The van der Waals surface area contributed by atoms with Gasteiger partial charge < -0.3 is 4.74 Å². The fourth-order valence-electron chi connectivity index (χ4n) is 8.22. The molecule has 4 rings (SSSR count). The zero-order valence-corrected chi connectivity index (χ0v) is 27.7. The largest absolute Gasteiger partial charge is 0.493 e. The quantitative estimate of drug-likeness (QED) is 0.224. The van der Waals surface area contributed by atoms with Gasteiger partial charge in [-0.3, -0.25) is 0 Å². The van der Waals surface area contributed by atoms with E-state index in [1.54, 1.807) is 0 Å². The number of ether oxygens (including phenoxy) is 1. The van der Waals surface area contributed by atoms with Gasteiger partial charge in [-0.25, -0.2) is 0 Å². The second-order valence-corrected chi connectivity index (χ2v) is 14.0. The Bertz CT molecular complexity index is 1020. The van der Waals surface area contributed by atoms with Crippen LogP contribution in [0.4, 0.5) is 0 Å². The van der Waals surface area contributed by atoms with Gasteiger partial charge in [-0.05, 0) is 127 Å². The molecule has 0 bridgehead atoms. The predicted octanol–water partition coefficient (Wildman–Crippen LogP) is 12.0. The SMILES string of the molecule is CCc1cc(-c2ccc(CCC3CCC(C4CCC(C)CC4)CC3)cc2)c(CC)cc1OCCC(CC)(CC)CC. The van der Waals surface area contributed by atoms with Crippen LogP contribution >= 0.6 is 0 Å². The summed E-state index contributed by atoms with van der Waals surface area (Å²) in [5.41, 5.74) is 7.43. The van der Waals surface area contributed by atoms with E-state index < -0.39 is 0 Å². The summed E-state index contributed by atoms with van der Waals surface area (Å²) in [6, 6.07) is 14.3. The fourth-order valence-corrected chi connectivity index (χ4v) is 8.22. The van der Waals surface area contributed by atoms with E-state index in [0.717, 1.165) is 55.3 Å². The first-order chi connectivity index (χ1) is 19.9. The second-order valence-electron chi connectivity index (χ2n) is 14.0. The van der Waals surface area contributed by atoms with Crippen LogP contribution in [0.3, 0.4) is 0 Å². The zero-order valence-electron chi connectivity index (χ0n) is 27.7. The second kappa shape index (κ2) is 15.6. The minimum atomic E-state index is 0.426. The fraction of sp³-hybridized carbons (Fsp3) is 0.700. The van der Waals surface area contributed by atoms with Gasteiger partial charge in [-0.1, -0.05) is 111 Å². The van der Waals surface area contributed by atoms with Gasteiger partial charge in [-0.2, -0.15) is 0 Å². The maximum absolute atomic E-state index is 6.48. The molecule has 0 radical (unpaired) electrons. The summed E-state index contributed by atoms with van der Waals surface area (Å²) in [5, 5.41) is 0. The number of benzene rings is 2. The van der Waals surface area contributed by atoms with Crippen molar-refractivity contribution in [3.05, 3.63) is 53.1 Å². The molecule has 41 heavy (non-hydrogen) atoms. The maximum Gasteiger partial charge on any atom is 0.122 e. The van der Waals surface area contributed by atoms with Crippen molar-refractivity contribution in [2.75, 3.05) is 6.61 Å². The molecule has 228 valence electrons. The van der Waals surface area contributed by atoms with Crippen molar-refractivity contribution in [3.63, 3.8) is 0 Å². The minimum Gasteiger partial charge on any atom is -0.493 e. The molecule has 1 nitrogen and oxygen atoms in total. The summed E-state index contributed by atoms with van der Waals surface area (Å²) in [4.78, 5) is 0. The van der Waals surface area contributed by atoms with E-state index in [2.05, 4.69) is 77.9 Å². The molecular weight excluding hydrogens is 496 g/mol. The van der Waals surface area contributed by atoms with Crippen molar-refractivity contribution in [2.24, 2.45) is 29.1 Å². The number of rotatable bonds is 14. The Balaban J connectivity index is 1.32. The smallest absolute Gasteiger partial charge is 0.122 e. The van der Waals surface area contributed by atoms with Crippen molar-refractivity contribution in [1.29, 1.82) is 0 Å². The summed E-state index contributed by atoms with van der Waals surface area (Å²) >= 11 is 0. The minimum absolute atomic E-state index is 0.426. The molecule has 0 aromatic heterocycles. The average Bonchev–Trinajstić information content (AvgIpc) is 3.03. The normalized spacial score (nSPS) is 23.5. The molecule has 0 saturated heterocycles. The van der Waals surface area contributed by atoms with Crippen LogP contribution in [0.15, 0.2) is 36.4 Å². The first-order valence-electron chi connectivity index (χ1n) is 17.8. The van der Waals surface area contributed by atoms with Crippen LogP contribution in [0.5, 0.6) is 5.75 Å². The number of aryl methyl sites for hydroxylation is 3. The molecule has 2 aromatic rings. The topological polar surface area (TPSA) is 9.23 Å². The molecule has 0 aliphatic heterocycles. The average molecular weight is 559 g/mol. The molecule has 0 amide bonds. The Kier molecular flexibility index (Phi) is 12.3. The molecule has 2 aliphatic rings. The number of hydrogen-bond donors (Lipinski definition) is 0. The van der Waals surface area contributed by atoms with Gasteiger partial charge in [0.1, 0.15) is 5.75 Å². The van der Waals surface area contributed by atoms with Crippen LogP contribution < -0.4 is 4.74 Å². The van der Waals surface area contributed by atoms with Gasteiger partial charge in [0.2, 0.25) is 0 Å². The van der Waals surface area contributed by atoms with E-state index in [-0.39, 0.29) is 0 Å². The van der Waals surface area contributed by atoms with Crippen LogP contribution in [-0.4, -0.2) is 6.61 Å². The van der Waals surface area contributed by atoms with Crippen LogP contribution in [-0.2, 0) is 19.3 Å². The molecule has 1 heteroatoms. The molecule has 0 heterocycles. The van der Waals surface area contributed by atoms with Crippen molar-refractivity contribution < 1.29 is 4.74 Å². The molecule has 2 aliphatic carbocycles. The van der Waals surface area contributed by atoms with Crippen molar-refractivity contribution in [1.82, 2.24) is 0 Å². The van der Waals surface area contributed by atoms with E-state index in [1.165, 1.54) is 111 Å². The lowest BCUT2D eigenvalue weighted by molar-refractivity contribution is 0.148. The van der Waals surface area contributed by atoms with Gasteiger partial charge in [0, 0.05) is 0 Å².